The molecule has 0 aliphatic heterocycles. The molecule has 1 aromatic heterocycles. The molecule has 1 amide bonds. The maximum absolute atomic E-state index is 13.3. The van der Waals surface area contributed by atoms with Crippen LogP contribution in [0.3, 0.4) is 0 Å². The Morgan fingerprint density at radius 2 is 2.04 bits per heavy atom. The lowest BCUT2D eigenvalue weighted by Gasteiger charge is -2.21. The number of aromatic nitrogens is 1. The van der Waals surface area contributed by atoms with Crippen LogP contribution in [0.25, 0.3) is 11.1 Å². The number of carbonyl (C=O) groups is 2. The molecule has 28 heavy (non-hydrogen) atoms. The van der Waals surface area contributed by atoms with Gasteiger partial charge in [-0.2, -0.15) is 0 Å². The number of amides is 1. The quantitative estimate of drug-likeness (QED) is 0.444. The number of hydrogen-bond donors (Lipinski definition) is 0. The monoisotopic (exact) mass is 402 g/mol. The molecule has 0 fully saturated rings. The van der Waals surface area contributed by atoms with Gasteiger partial charge in [-0.1, -0.05) is 36.0 Å². The van der Waals surface area contributed by atoms with Gasteiger partial charge in [-0.15, -0.1) is 0 Å². The molecule has 0 saturated carbocycles. The van der Waals surface area contributed by atoms with Crippen LogP contribution in [0, 0.1) is 5.82 Å². The third-order valence-corrected chi connectivity index (χ3v) is 4.73. The van der Waals surface area contributed by atoms with Gasteiger partial charge in [-0.25, -0.2) is 9.37 Å². The normalized spacial score (nSPS) is 12.0. The lowest BCUT2D eigenvalue weighted by atomic mass is 10.2. The largest absolute Gasteiger partial charge is 0.452 e. The molecule has 146 valence electrons. The summed E-state index contributed by atoms with van der Waals surface area (Å²) in [4.78, 5) is 30.1. The molecule has 0 bridgehead atoms. The van der Waals surface area contributed by atoms with Crippen molar-refractivity contribution in [3.8, 4) is 0 Å². The maximum atomic E-state index is 13.3. The minimum absolute atomic E-state index is 0.0297. The van der Waals surface area contributed by atoms with E-state index in [0.29, 0.717) is 21.9 Å². The smallest absolute Gasteiger partial charge is 0.317 e. The molecule has 3 rings (SSSR count). The Kier molecular flexibility index (Phi) is 6.30. The summed E-state index contributed by atoms with van der Waals surface area (Å²) in [6.07, 6.45) is -0.949. The minimum Gasteiger partial charge on any atom is -0.452 e. The molecule has 6 nitrogen and oxygen atoms in total. The van der Waals surface area contributed by atoms with E-state index in [9.17, 15) is 14.0 Å². The van der Waals surface area contributed by atoms with Crippen molar-refractivity contribution in [2.24, 2.45) is 0 Å². The Balaban J connectivity index is 1.49. The van der Waals surface area contributed by atoms with E-state index < -0.39 is 12.1 Å². The summed E-state index contributed by atoms with van der Waals surface area (Å²) < 4.78 is 24.0. The average Bonchev–Trinajstić information content (AvgIpc) is 3.08. The van der Waals surface area contributed by atoms with Gasteiger partial charge in [0.05, 0.1) is 0 Å². The zero-order valence-corrected chi connectivity index (χ0v) is 16.2. The second-order valence-electron chi connectivity index (χ2n) is 6.19. The van der Waals surface area contributed by atoms with Gasteiger partial charge in [-0.05, 0) is 36.8 Å². The summed E-state index contributed by atoms with van der Waals surface area (Å²) in [6.45, 7) is 1.72. The number of hydrogen-bond acceptors (Lipinski definition) is 6. The van der Waals surface area contributed by atoms with Crippen molar-refractivity contribution >= 4 is 34.7 Å². The predicted molar refractivity (Wildman–Crippen MR) is 103 cm³/mol. The van der Waals surface area contributed by atoms with Gasteiger partial charge in [0.1, 0.15) is 17.1 Å². The summed E-state index contributed by atoms with van der Waals surface area (Å²) in [7, 11) is 1.57. The van der Waals surface area contributed by atoms with Crippen LogP contribution in [0.5, 0.6) is 0 Å². The van der Waals surface area contributed by atoms with Gasteiger partial charge in [0.25, 0.3) is 11.1 Å². The van der Waals surface area contributed by atoms with E-state index in [-0.39, 0.29) is 24.0 Å². The number of nitrogens with zero attached hydrogens (tertiary/aromatic N) is 2. The Morgan fingerprint density at radius 3 is 2.79 bits per heavy atom. The topological polar surface area (TPSA) is 72.6 Å². The Bertz CT molecular complexity index is 958. The first-order chi connectivity index (χ1) is 13.4. The second-order valence-corrected chi connectivity index (χ2v) is 7.12. The lowest BCUT2D eigenvalue weighted by Crippen LogP contribution is -2.37. The Hall–Kier alpha value is -2.87. The van der Waals surface area contributed by atoms with Crippen molar-refractivity contribution in [2.75, 3.05) is 12.8 Å². The Labute approximate surface area is 165 Å². The van der Waals surface area contributed by atoms with Crippen LogP contribution in [0.15, 0.2) is 58.2 Å². The number of benzene rings is 2. The van der Waals surface area contributed by atoms with E-state index in [1.165, 1.54) is 24.0 Å². The highest BCUT2D eigenvalue weighted by Crippen LogP contribution is 2.23. The van der Waals surface area contributed by atoms with Crippen LogP contribution in [0.4, 0.5) is 4.39 Å². The molecule has 3 aromatic rings. The SMILES string of the molecule is CC(OC(=O)CSc1nc2ccccc2o1)C(=O)N(C)Cc1cccc(F)c1. The first kappa shape index (κ1) is 19.9. The van der Waals surface area contributed by atoms with E-state index in [0.717, 1.165) is 11.8 Å². The fraction of sp³-hybridized carbons (Fsp3) is 0.250. The number of carbonyl (C=O) groups excluding carboxylic acids is 2. The van der Waals surface area contributed by atoms with Crippen molar-refractivity contribution in [3.63, 3.8) is 0 Å². The summed E-state index contributed by atoms with van der Waals surface area (Å²) in [5.74, 6) is -1.32. The summed E-state index contributed by atoms with van der Waals surface area (Å²) in [6, 6.07) is 13.3. The summed E-state index contributed by atoms with van der Waals surface area (Å²) in [5, 5.41) is 0.361. The number of oxazole rings is 1. The van der Waals surface area contributed by atoms with E-state index in [2.05, 4.69) is 4.98 Å². The molecular weight excluding hydrogens is 383 g/mol. The molecule has 1 atom stereocenters. The molecule has 8 heteroatoms. The van der Waals surface area contributed by atoms with Crippen molar-refractivity contribution < 1.29 is 23.1 Å². The van der Waals surface area contributed by atoms with E-state index >= 15 is 0 Å². The van der Waals surface area contributed by atoms with Crippen molar-refractivity contribution in [3.05, 3.63) is 59.9 Å². The van der Waals surface area contributed by atoms with Crippen LogP contribution >= 0.6 is 11.8 Å². The highest BCUT2D eigenvalue weighted by Gasteiger charge is 2.22. The highest BCUT2D eigenvalue weighted by molar-refractivity contribution is 7.99. The van der Waals surface area contributed by atoms with E-state index in [1.54, 1.807) is 25.2 Å². The number of rotatable bonds is 7. The van der Waals surface area contributed by atoms with Crippen LogP contribution in [-0.4, -0.2) is 40.7 Å². The van der Waals surface area contributed by atoms with Gasteiger partial charge < -0.3 is 14.1 Å². The van der Waals surface area contributed by atoms with Crippen molar-refractivity contribution in [1.82, 2.24) is 9.88 Å². The second kappa shape index (κ2) is 8.88. The van der Waals surface area contributed by atoms with Gasteiger partial charge in [0.2, 0.25) is 0 Å². The first-order valence-corrected chi connectivity index (χ1v) is 9.58. The minimum atomic E-state index is -0.949. The molecule has 0 radical (unpaired) electrons. The zero-order chi connectivity index (χ0) is 20.1. The lowest BCUT2D eigenvalue weighted by molar-refractivity contribution is -0.156. The number of halogens is 1. The Morgan fingerprint density at radius 1 is 1.25 bits per heavy atom. The number of para-hydroxylation sites is 2. The molecule has 0 aliphatic carbocycles. The molecule has 1 unspecified atom stereocenters. The average molecular weight is 402 g/mol. The molecule has 0 saturated heterocycles. The highest BCUT2D eigenvalue weighted by atomic mass is 32.2. The number of fused-ring (bicyclic) bond motifs is 1. The molecule has 0 aliphatic rings. The summed E-state index contributed by atoms with van der Waals surface area (Å²) in [5.41, 5.74) is 2.00. The molecule has 2 aromatic carbocycles. The fourth-order valence-electron chi connectivity index (χ4n) is 2.61. The molecule has 0 spiro atoms. The fourth-order valence-corrected chi connectivity index (χ4v) is 3.23. The number of esters is 1. The number of likely N-dealkylation sites (N-methyl/N-ethyl adjacent to an activating group) is 1. The first-order valence-electron chi connectivity index (χ1n) is 8.59. The summed E-state index contributed by atoms with van der Waals surface area (Å²) >= 11 is 1.10. The standard InChI is InChI=1S/C20H19FN2O4S/c1-13(19(25)23(2)11-14-6-5-7-15(21)10-14)26-18(24)12-28-20-22-16-8-3-4-9-17(16)27-20/h3-10,13H,11-12H2,1-2H3. The van der Waals surface area contributed by atoms with Gasteiger partial charge in [0.15, 0.2) is 11.7 Å². The van der Waals surface area contributed by atoms with E-state index in [4.69, 9.17) is 9.15 Å². The third-order valence-electron chi connectivity index (χ3n) is 3.93. The number of ether oxygens (including phenoxy) is 1. The number of thioether (sulfide) groups is 1. The van der Waals surface area contributed by atoms with Crippen LogP contribution < -0.4 is 0 Å². The van der Waals surface area contributed by atoms with Gasteiger partial charge in [-0.3, -0.25) is 9.59 Å². The molecular formula is C20H19FN2O4S. The van der Waals surface area contributed by atoms with Crippen LogP contribution in [0.2, 0.25) is 0 Å². The maximum Gasteiger partial charge on any atom is 0.317 e. The van der Waals surface area contributed by atoms with Crippen molar-refractivity contribution in [2.45, 2.75) is 24.8 Å². The molecule has 1 heterocycles. The molecule has 0 N–H and O–H groups in total. The zero-order valence-electron chi connectivity index (χ0n) is 15.4. The van der Waals surface area contributed by atoms with Crippen LogP contribution in [0.1, 0.15) is 12.5 Å². The van der Waals surface area contributed by atoms with Crippen molar-refractivity contribution in [1.29, 1.82) is 0 Å². The van der Waals surface area contributed by atoms with Gasteiger partial charge >= 0.3 is 5.97 Å². The van der Waals surface area contributed by atoms with E-state index in [1.807, 2.05) is 18.2 Å². The van der Waals surface area contributed by atoms with Crippen LogP contribution in [-0.2, 0) is 20.9 Å². The van der Waals surface area contributed by atoms with Gasteiger partial charge in [0, 0.05) is 13.6 Å². The predicted octanol–water partition coefficient (Wildman–Crippen LogP) is 3.65. The third kappa shape index (κ3) is 5.10.